The fraction of sp³-hybridized carbons (Fsp3) is 0.625. The van der Waals surface area contributed by atoms with Crippen LogP contribution in [0.3, 0.4) is 0 Å². The molecule has 1 aliphatic rings. The van der Waals surface area contributed by atoms with Crippen LogP contribution in [0, 0.1) is 11.6 Å². The Bertz CT molecular complexity index is 436. The minimum absolute atomic E-state index is 0.139. The van der Waals surface area contributed by atoms with Crippen molar-refractivity contribution in [3.05, 3.63) is 35.4 Å². The lowest BCUT2D eigenvalue weighted by atomic mass is 10.00. The number of likely N-dealkylation sites (tertiary alicyclic amines) is 1. The molecule has 0 amide bonds. The van der Waals surface area contributed by atoms with Crippen LogP contribution in [-0.2, 0) is 0 Å². The summed E-state index contributed by atoms with van der Waals surface area (Å²) in [5, 5.41) is 3.11. The monoisotopic (exact) mass is 282 g/mol. The van der Waals surface area contributed by atoms with E-state index in [0.29, 0.717) is 11.6 Å². The third-order valence-electron chi connectivity index (χ3n) is 4.35. The second-order valence-corrected chi connectivity index (χ2v) is 5.65. The molecule has 2 unspecified atom stereocenters. The van der Waals surface area contributed by atoms with E-state index in [1.54, 1.807) is 19.2 Å². The van der Waals surface area contributed by atoms with E-state index in [0.717, 1.165) is 25.6 Å². The number of benzene rings is 1. The van der Waals surface area contributed by atoms with Crippen molar-refractivity contribution in [2.45, 2.75) is 44.7 Å². The van der Waals surface area contributed by atoms with Gasteiger partial charge in [0.25, 0.3) is 0 Å². The molecule has 1 aromatic carbocycles. The lowest BCUT2D eigenvalue weighted by Gasteiger charge is -2.34. The Hall–Kier alpha value is -1.00. The van der Waals surface area contributed by atoms with Gasteiger partial charge in [-0.25, -0.2) is 8.78 Å². The van der Waals surface area contributed by atoms with Crippen LogP contribution < -0.4 is 5.32 Å². The van der Waals surface area contributed by atoms with Crippen LogP contribution in [0.25, 0.3) is 0 Å². The van der Waals surface area contributed by atoms with Crippen molar-refractivity contribution >= 4 is 0 Å². The highest BCUT2D eigenvalue weighted by atomic mass is 19.2. The second kappa shape index (κ2) is 7.14. The van der Waals surface area contributed by atoms with Crippen molar-refractivity contribution in [3.8, 4) is 0 Å². The van der Waals surface area contributed by atoms with E-state index in [9.17, 15) is 8.78 Å². The van der Waals surface area contributed by atoms with Crippen LogP contribution >= 0.6 is 0 Å². The van der Waals surface area contributed by atoms with E-state index >= 15 is 0 Å². The van der Waals surface area contributed by atoms with Crippen molar-refractivity contribution in [1.82, 2.24) is 10.2 Å². The first-order valence-corrected chi connectivity index (χ1v) is 7.48. The van der Waals surface area contributed by atoms with Gasteiger partial charge in [0.05, 0.1) is 0 Å². The maximum Gasteiger partial charge on any atom is 0.163 e. The van der Waals surface area contributed by atoms with Crippen molar-refractivity contribution in [2.75, 3.05) is 20.1 Å². The lowest BCUT2D eigenvalue weighted by Crippen LogP contribution is -2.39. The van der Waals surface area contributed by atoms with Gasteiger partial charge in [-0.05, 0) is 45.8 Å². The molecule has 1 N–H and O–H groups in total. The van der Waals surface area contributed by atoms with E-state index in [4.69, 9.17) is 0 Å². The third-order valence-corrected chi connectivity index (χ3v) is 4.35. The van der Waals surface area contributed by atoms with Crippen LogP contribution in [-0.4, -0.2) is 31.1 Å². The number of halogens is 2. The average Bonchev–Trinajstić information content (AvgIpc) is 2.45. The summed E-state index contributed by atoms with van der Waals surface area (Å²) >= 11 is 0. The number of rotatable bonds is 5. The van der Waals surface area contributed by atoms with Crippen molar-refractivity contribution in [3.63, 3.8) is 0 Å². The van der Waals surface area contributed by atoms with Gasteiger partial charge in [-0.15, -0.1) is 0 Å². The van der Waals surface area contributed by atoms with Gasteiger partial charge in [-0.1, -0.05) is 18.6 Å². The Kier molecular flexibility index (Phi) is 5.49. The van der Waals surface area contributed by atoms with E-state index in [-0.39, 0.29) is 6.04 Å². The molecule has 0 aromatic heterocycles. The normalized spacial score (nSPS) is 21.9. The maximum atomic E-state index is 13.9. The predicted octanol–water partition coefficient (Wildman–Crippen LogP) is 3.49. The smallest absolute Gasteiger partial charge is 0.163 e. The zero-order valence-corrected chi connectivity index (χ0v) is 12.3. The first kappa shape index (κ1) is 15.4. The van der Waals surface area contributed by atoms with Gasteiger partial charge in [-0.2, -0.15) is 0 Å². The van der Waals surface area contributed by atoms with E-state index in [1.165, 1.54) is 19.3 Å². The van der Waals surface area contributed by atoms with Gasteiger partial charge in [0.15, 0.2) is 11.6 Å². The molecule has 4 heteroatoms. The zero-order valence-electron chi connectivity index (χ0n) is 12.3. The van der Waals surface area contributed by atoms with E-state index in [2.05, 4.69) is 17.1 Å². The highest BCUT2D eigenvalue weighted by Crippen LogP contribution is 2.24. The fourth-order valence-corrected chi connectivity index (χ4v) is 3.03. The van der Waals surface area contributed by atoms with Gasteiger partial charge in [-0.3, -0.25) is 0 Å². The van der Waals surface area contributed by atoms with Crippen LogP contribution in [0.2, 0.25) is 0 Å². The molecule has 20 heavy (non-hydrogen) atoms. The number of hydrogen-bond donors (Lipinski definition) is 1. The van der Waals surface area contributed by atoms with Gasteiger partial charge in [0.2, 0.25) is 0 Å². The van der Waals surface area contributed by atoms with Gasteiger partial charge < -0.3 is 10.2 Å². The first-order chi connectivity index (χ1) is 9.63. The summed E-state index contributed by atoms with van der Waals surface area (Å²) in [6.45, 7) is 4.28. The summed E-state index contributed by atoms with van der Waals surface area (Å²) in [4.78, 5) is 2.45. The molecular weight excluding hydrogens is 258 g/mol. The summed E-state index contributed by atoms with van der Waals surface area (Å²) in [7, 11) is 1.80. The number of nitrogens with one attached hydrogen (secondary N) is 1. The summed E-state index contributed by atoms with van der Waals surface area (Å²) in [6.07, 6.45) is 4.56. The van der Waals surface area contributed by atoms with Gasteiger partial charge in [0, 0.05) is 24.2 Å². The largest absolute Gasteiger partial charge is 0.313 e. The van der Waals surface area contributed by atoms with Crippen molar-refractivity contribution in [2.24, 2.45) is 0 Å². The molecule has 2 atom stereocenters. The first-order valence-electron chi connectivity index (χ1n) is 7.48. The third kappa shape index (κ3) is 3.55. The number of nitrogens with zero attached hydrogens (tertiary/aromatic N) is 1. The summed E-state index contributed by atoms with van der Waals surface area (Å²) in [5.41, 5.74) is 0.428. The van der Waals surface area contributed by atoms with Crippen molar-refractivity contribution < 1.29 is 8.78 Å². The molecule has 112 valence electrons. The molecule has 1 heterocycles. The Morgan fingerprint density at radius 3 is 2.85 bits per heavy atom. The molecule has 2 nitrogen and oxygen atoms in total. The summed E-state index contributed by atoms with van der Waals surface area (Å²) in [6, 6.07) is 4.86. The van der Waals surface area contributed by atoms with Crippen LogP contribution in [0.5, 0.6) is 0 Å². The zero-order chi connectivity index (χ0) is 14.5. The molecule has 0 bridgehead atoms. The average molecular weight is 282 g/mol. The number of piperidine rings is 1. The quantitative estimate of drug-likeness (QED) is 0.889. The lowest BCUT2D eigenvalue weighted by molar-refractivity contribution is 0.153. The molecule has 1 saturated heterocycles. The van der Waals surface area contributed by atoms with E-state index in [1.807, 2.05) is 0 Å². The van der Waals surface area contributed by atoms with Crippen molar-refractivity contribution in [1.29, 1.82) is 0 Å². The SMILES string of the molecule is CNC(CCN1CCCCC1C)c1cccc(F)c1F. The Morgan fingerprint density at radius 2 is 2.15 bits per heavy atom. The molecule has 1 fully saturated rings. The Labute approximate surface area is 120 Å². The van der Waals surface area contributed by atoms with E-state index < -0.39 is 11.6 Å². The predicted molar refractivity (Wildman–Crippen MR) is 77.7 cm³/mol. The van der Waals surface area contributed by atoms with Gasteiger partial charge in [0.1, 0.15) is 0 Å². The number of hydrogen-bond acceptors (Lipinski definition) is 2. The molecule has 0 spiro atoms. The fourth-order valence-electron chi connectivity index (χ4n) is 3.03. The molecule has 0 aliphatic carbocycles. The Morgan fingerprint density at radius 1 is 1.35 bits per heavy atom. The minimum Gasteiger partial charge on any atom is -0.313 e. The Balaban J connectivity index is 2.00. The van der Waals surface area contributed by atoms with Crippen LogP contribution in [0.15, 0.2) is 18.2 Å². The summed E-state index contributed by atoms with van der Waals surface area (Å²) < 4.78 is 27.2. The topological polar surface area (TPSA) is 15.3 Å². The summed E-state index contributed by atoms with van der Waals surface area (Å²) in [5.74, 6) is -1.49. The van der Waals surface area contributed by atoms with Crippen LogP contribution in [0.1, 0.15) is 44.2 Å². The highest BCUT2D eigenvalue weighted by molar-refractivity contribution is 5.22. The molecule has 0 saturated carbocycles. The standard InChI is InChI=1S/C16H24F2N2/c1-12-6-3-4-10-20(12)11-9-15(19-2)13-7-5-8-14(17)16(13)18/h5,7-8,12,15,19H,3-4,6,9-11H2,1-2H3. The maximum absolute atomic E-state index is 13.9. The highest BCUT2D eigenvalue weighted by Gasteiger charge is 2.21. The minimum atomic E-state index is -0.769. The molecular formula is C16H24F2N2. The van der Waals surface area contributed by atoms with Gasteiger partial charge >= 0.3 is 0 Å². The molecule has 2 rings (SSSR count). The molecule has 1 aromatic rings. The van der Waals surface area contributed by atoms with Crippen LogP contribution in [0.4, 0.5) is 8.78 Å². The second-order valence-electron chi connectivity index (χ2n) is 5.65. The molecule has 0 radical (unpaired) electrons. The molecule has 1 aliphatic heterocycles.